The Morgan fingerprint density at radius 1 is 1.41 bits per heavy atom. The summed E-state index contributed by atoms with van der Waals surface area (Å²) < 4.78 is 28.7. The Morgan fingerprint density at radius 2 is 2.10 bits per heavy atom. The molecule has 3 rings (SSSR count). The van der Waals surface area contributed by atoms with E-state index in [0.29, 0.717) is 11.3 Å². The van der Waals surface area contributed by atoms with Gasteiger partial charge in [0, 0.05) is 17.9 Å². The Morgan fingerprint density at radius 3 is 2.69 bits per heavy atom. The first-order chi connectivity index (χ1) is 13.6. The number of hydrogen-bond donors (Lipinski definition) is 3. The summed E-state index contributed by atoms with van der Waals surface area (Å²) >= 11 is 0. The predicted octanol–water partition coefficient (Wildman–Crippen LogP) is 0.306. The number of carbonyl (C=O) groups excluding carboxylic acids is 1. The van der Waals surface area contributed by atoms with Crippen LogP contribution in [0.5, 0.6) is 0 Å². The lowest BCUT2D eigenvalue weighted by atomic mass is 9.94. The molecule has 0 aromatic carbocycles. The topological polar surface area (TPSA) is 163 Å². The monoisotopic (exact) mass is 418 g/mol. The molecule has 2 aromatic heterocycles. The van der Waals surface area contributed by atoms with Crippen LogP contribution >= 0.6 is 0 Å². The zero-order valence-electron chi connectivity index (χ0n) is 15.9. The van der Waals surface area contributed by atoms with Crippen molar-refractivity contribution in [2.75, 3.05) is 11.5 Å². The molecule has 0 aliphatic heterocycles. The Bertz CT molecular complexity index is 1150. The highest BCUT2D eigenvalue weighted by molar-refractivity contribution is 7.89. The largest absolute Gasteiger partial charge is 0.396 e. The van der Waals surface area contributed by atoms with Crippen molar-refractivity contribution in [1.29, 1.82) is 0 Å². The van der Waals surface area contributed by atoms with E-state index in [4.69, 9.17) is 11.5 Å². The summed E-state index contributed by atoms with van der Waals surface area (Å²) in [7, 11) is -3.91. The van der Waals surface area contributed by atoms with Gasteiger partial charge >= 0.3 is 0 Å². The molecule has 154 valence electrons. The lowest BCUT2D eigenvalue weighted by molar-refractivity contribution is -0.117. The van der Waals surface area contributed by atoms with Crippen molar-refractivity contribution >= 4 is 34.0 Å². The van der Waals surface area contributed by atoms with Gasteiger partial charge in [0.1, 0.15) is 10.6 Å². The third-order valence-electron chi connectivity index (χ3n) is 4.88. The Labute approximate surface area is 167 Å². The quantitative estimate of drug-likeness (QED) is 0.568. The summed E-state index contributed by atoms with van der Waals surface area (Å²) in [5, 5.41) is 0. The fourth-order valence-corrected chi connectivity index (χ4v) is 4.41. The van der Waals surface area contributed by atoms with Gasteiger partial charge in [0.05, 0.1) is 12.1 Å². The van der Waals surface area contributed by atoms with Crippen LogP contribution in [0.3, 0.4) is 0 Å². The van der Waals surface area contributed by atoms with Crippen LogP contribution < -0.4 is 21.7 Å². The molecule has 2 heterocycles. The maximum atomic E-state index is 12.8. The molecule has 29 heavy (non-hydrogen) atoms. The van der Waals surface area contributed by atoms with Crippen molar-refractivity contribution in [3.8, 4) is 5.82 Å². The van der Waals surface area contributed by atoms with Gasteiger partial charge in [-0.3, -0.25) is 14.2 Å². The molecule has 0 saturated heterocycles. The van der Waals surface area contributed by atoms with Gasteiger partial charge in [0.15, 0.2) is 5.82 Å². The number of pyridine rings is 2. The van der Waals surface area contributed by atoms with Crippen LogP contribution in [0.1, 0.15) is 30.5 Å². The minimum atomic E-state index is -3.91. The summed E-state index contributed by atoms with van der Waals surface area (Å²) in [4.78, 5) is 31.6. The summed E-state index contributed by atoms with van der Waals surface area (Å²) in [5.41, 5.74) is 11.9. The maximum Gasteiger partial charge on any atom is 0.280 e. The molecule has 10 nitrogen and oxygen atoms in total. The number of nitrogens with one attached hydrogen (secondary N) is 1. The van der Waals surface area contributed by atoms with Crippen molar-refractivity contribution in [2.45, 2.75) is 43.5 Å². The van der Waals surface area contributed by atoms with E-state index in [1.807, 2.05) is 0 Å². The predicted molar refractivity (Wildman–Crippen MR) is 110 cm³/mol. The molecule has 0 radical (unpaired) electrons. The molecule has 1 aliphatic carbocycles. The number of aromatic nitrogens is 2. The average Bonchev–Trinajstić information content (AvgIpc) is 2.63. The van der Waals surface area contributed by atoms with E-state index in [1.54, 1.807) is 6.92 Å². The maximum absolute atomic E-state index is 12.8. The summed E-state index contributed by atoms with van der Waals surface area (Å²) in [6.07, 6.45) is 3.72. The fraction of sp³-hybridized carbons (Fsp3) is 0.333. The third-order valence-corrected chi connectivity index (χ3v) is 6.46. The van der Waals surface area contributed by atoms with E-state index in [9.17, 15) is 18.0 Å². The van der Waals surface area contributed by atoms with Crippen LogP contribution in [0.2, 0.25) is 0 Å². The molecular weight excluding hydrogens is 396 g/mol. The molecule has 2 aromatic rings. The van der Waals surface area contributed by atoms with E-state index in [0.717, 1.165) is 23.8 Å². The van der Waals surface area contributed by atoms with Gasteiger partial charge in [-0.15, -0.1) is 0 Å². The number of amides is 1. The first-order valence-electron chi connectivity index (χ1n) is 8.93. The first kappa shape index (κ1) is 20.7. The fourth-order valence-electron chi connectivity index (χ4n) is 2.99. The SMILES string of the molecule is C=NC(=O)Cc1cc(N)c(-n2ccc(S(=O)(=O)NC3CCC3)c(N)c2=O)nc1C. The highest BCUT2D eigenvalue weighted by Crippen LogP contribution is 2.24. The number of rotatable bonds is 6. The number of nitrogens with two attached hydrogens (primary N) is 2. The Balaban J connectivity index is 2.01. The number of nitrogens with zero attached hydrogens (tertiary/aromatic N) is 3. The molecular formula is C18H22N6O4S. The lowest BCUT2D eigenvalue weighted by Crippen LogP contribution is -2.40. The molecule has 5 N–H and O–H groups in total. The Hall–Kier alpha value is -3.05. The van der Waals surface area contributed by atoms with Crippen molar-refractivity contribution in [3.63, 3.8) is 0 Å². The van der Waals surface area contributed by atoms with Crippen molar-refractivity contribution in [2.24, 2.45) is 4.99 Å². The summed E-state index contributed by atoms with van der Waals surface area (Å²) in [6.45, 7) is 4.84. The molecule has 11 heteroatoms. The van der Waals surface area contributed by atoms with Gasteiger partial charge in [0.25, 0.3) is 5.56 Å². The molecule has 0 atom stereocenters. The highest BCUT2D eigenvalue weighted by atomic mass is 32.2. The van der Waals surface area contributed by atoms with E-state index in [2.05, 4.69) is 21.4 Å². The van der Waals surface area contributed by atoms with Crippen LogP contribution in [0.25, 0.3) is 5.82 Å². The zero-order valence-corrected chi connectivity index (χ0v) is 16.7. The number of aryl methyl sites for hydroxylation is 1. The first-order valence-corrected chi connectivity index (χ1v) is 10.4. The van der Waals surface area contributed by atoms with Gasteiger partial charge in [-0.2, -0.15) is 0 Å². The third kappa shape index (κ3) is 4.05. The molecule has 1 fully saturated rings. The van der Waals surface area contributed by atoms with Crippen molar-refractivity contribution < 1.29 is 13.2 Å². The second-order valence-corrected chi connectivity index (χ2v) is 8.57. The molecule has 0 bridgehead atoms. The summed E-state index contributed by atoms with van der Waals surface area (Å²) in [6, 6.07) is 2.63. The van der Waals surface area contributed by atoms with Crippen LogP contribution in [-0.2, 0) is 21.2 Å². The van der Waals surface area contributed by atoms with Crippen LogP contribution in [0, 0.1) is 6.92 Å². The van der Waals surface area contributed by atoms with Crippen molar-refractivity contribution in [1.82, 2.24) is 14.3 Å². The van der Waals surface area contributed by atoms with Crippen LogP contribution in [0.4, 0.5) is 11.4 Å². The van der Waals surface area contributed by atoms with E-state index in [1.165, 1.54) is 18.3 Å². The van der Waals surface area contributed by atoms with Crippen LogP contribution in [-0.4, -0.2) is 36.6 Å². The molecule has 1 saturated carbocycles. The van der Waals surface area contributed by atoms with Crippen molar-refractivity contribution in [3.05, 3.63) is 39.9 Å². The number of aliphatic imine (C=N–C) groups is 1. The van der Waals surface area contributed by atoms with Gasteiger partial charge in [-0.05, 0) is 44.2 Å². The minimum absolute atomic E-state index is 0.0200. The average molecular weight is 418 g/mol. The second kappa shape index (κ2) is 7.76. The smallest absolute Gasteiger partial charge is 0.280 e. The van der Waals surface area contributed by atoms with Gasteiger partial charge in [-0.25, -0.2) is 23.1 Å². The highest BCUT2D eigenvalue weighted by Gasteiger charge is 2.27. The number of nitrogen functional groups attached to an aromatic ring is 2. The Kier molecular flexibility index (Phi) is 5.53. The molecule has 1 amide bonds. The standard InChI is InChI=1S/C18H22N6O4S/c1-10-11(9-15(25)21-2)8-13(19)17(22-10)24-7-6-14(16(20)18(24)26)29(27,28)23-12-4-3-5-12/h6-8,12,23H,2-5,9,19-20H2,1H3. The van der Waals surface area contributed by atoms with Crippen LogP contribution in [0.15, 0.2) is 33.0 Å². The molecule has 1 aliphatic rings. The lowest BCUT2D eigenvalue weighted by Gasteiger charge is -2.26. The number of anilines is 2. The number of hydrogen-bond acceptors (Lipinski definition) is 7. The van der Waals surface area contributed by atoms with E-state index in [-0.39, 0.29) is 28.9 Å². The van der Waals surface area contributed by atoms with E-state index >= 15 is 0 Å². The number of sulfonamides is 1. The minimum Gasteiger partial charge on any atom is -0.396 e. The zero-order chi connectivity index (χ0) is 21.3. The van der Waals surface area contributed by atoms with Gasteiger partial charge in [-0.1, -0.05) is 6.42 Å². The second-order valence-electron chi connectivity index (χ2n) is 6.89. The van der Waals surface area contributed by atoms with Gasteiger partial charge < -0.3 is 11.5 Å². The normalized spacial score (nSPS) is 14.4. The number of carbonyl (C=O) groups is 1. The van der Waals surface area contributed by atoms with E-state index < -0.39 is 27.2 Å². The van der Waals surface area contributed by atoms with Gasteiger partial charge in [0.2, 0.25) is 15.9 Å². The summed E-state index contributed by atoms with van der Waals surface area (Å²) in [5.74, 6) is -0.338. The molecule has 0 unspecified atom stereocenters. The molecule has 0 spiro atoms.